The van der Waals surface area contributed by atoms with Crippen LogP contribution in [0, 0.1) is 22.9 Å². The zero-order chi connectivity index (χ0) is 12.9. The number of benzene rings is 1. The normalized spacial score (nSPS) is 9.12. The number of nitro groups is 1. The molecule has 0 N–H and O–H groups in total. The SMILES string of the molecule is CC.COc1c(Br)cc([N+](=O)[O-])c(F)c1C. The van der Waals surface area contributed by atoms with Gasteiger partial charge in [0.2, 0.25) is 5.82 Å². The van der Waals surface area contributed by atoms with Crippen LogP contribution in [0.1, 0.15) is 19.4 Å². The first-order valence-corrected chi connectivity index (χ1v) is 5.45. The minimum atomic E-state index is -0.866. The van der Waals surface area contributed by atoms with Gasteiger partial charge in [0.1, 0.15) is 5.75 Å². The lowest BCUT2D eigenvalue weighted by atomic mass is 10.2. The van der Waals surface area contributed by atoms with Crippen molar-refractivity contribution >= 4 is 21.6 Å². The molecule has 0 amide bonds. The quantitative estimate of drug-likeness (QED) is 0.615. The summed E-state index contributed by atoms with van der Waals surface area (Å²) in [6.45, 7) is 5.42. The fourth-order valence-corrected chi connectivity index (χ4v) is 1.78. The zero-order valence-corrected chi connectivity index (χ0v) is 11.1. The molecule has 0 aliphatic carbocycles. The Balaban J connectivity index is 0.00000106. The van der Waals surface area contributed by atoms with Crippen molar-refractivity contribution < 1.29 is 14.1 Å². The van der Waals surface area contributed by atoms with Crippen LogP contribution >= 0.6 is 15.9 Å². The molecule has 0 radical (unpaired) electrons. The predicted molar refractivity (Wildman–Crippen MR) is 63.4 cm³/mol. The summed E-state index contributed by atoms with van der Waals surface area (Å²) in [7, 11) is 1.37. The Hall–Kier alpha value is -1.17. The van der Waals surface area contributed by atoms with E-state index >= 15 is 0 Å². The zero-order valence-electron chi connectivity index (χ0n) is 9.51. The molecule has 0 spiro atoms. The summed E-state index contributed by atoms with van der Waals surface area (Å²) >= 11 is 3.06. The van der Waals surface area contributed by atoms with Gasteiger partial charge < -0.3 is 4.74 Å². The molecule has 0 unspecified atom stereocenters. The van der Waals surface area contributed by atoms with Crippen molar-refractivity contribution in [2.45, 2.75) is 20.8 Å². The predicted octanol–water partition coefficient (Wildman–Crippen LogP) is 3.84. The highest BCUT2D eigenvalue weighted by atomic mass is 79.9. The van der Waals surface area contributed by atoms with Crippen molar-refractivity contribution in [3.63, 3.8) is 0 Å². The first-order valence-electron chi connectivity index (χ1n) is 4.66. The smallest absolute Gasteiger partial charge is 0.306 e. The molecule has 16 heavy (non-hydrogen) atoms. The number of nitro benzene ring substituents is 1. The molecule has 0 saturated heterocycles. The number of ether oxygens (including phenoxy) is 1. The monoisotopic (exact) mass is 293 g/mol. The standard InChI is InChI=1S/C8H7BrFNO3.C2H6/c1-4-7(10)6(11(12)13)3-5(9)8(4)14-2;1-2/h3H,1-2H3;1-2H3. The summed E-state index contributed by atoms with van der Waals surface area (Å²) in [6.07, 6.45) is 0. The van der Waals surface area contributed by atoms with E-state index in [-0.39, 0.29) is 11.3 Å². The molecule has 4 nitrogen and oxygen atoms in total. The molecular weight excluding hydrogens is 281 g/mol. The molecule has 0 aliphatic heterocycles. The molecular formula is C10H13BrFNO3. The van der Waals surface area contributed by atoms with E-state index in [1.54, 1.807) is 0 Å². The van der Waals surface area contributed by atoms with Gasteiger partial charge in [0, 0.05) is 11.6 Å². The van der Waals surface area contributed by atoms with Gasteiger partial charge in [0.15, 0.2) is 0 Å². The third kappa shape index (κ3) is 2.91. The van der Waals surface area contributed by atoms with Gasteiger partial charge in [-0.3, -0.25) is 10.1 Å². The second-order valence-corrected chi connectivity index (χ2v) is 3.46. The number of rotatable bonds is 2. The Morgan fingerprint density at radius 3 is 2.38 bits per heavy atom. The van der Waals surface area contributed by atoms with Crippen LogP contribution < -0.4 is 4.74 Å². The summed E-state index contributed by atoms with van der Waals surface area (Å²) in [6, 6.07) is 1.08. The van der Waals surface area contributed by atoms with Gasteiger partial charge in [-0.25, -0.2) is 0 Å². The number of hydrogen-bond acceptors (Lipinski definition) is 3. The summed E-state index contributed by atoms with van der Waals surface area (Å²) in [5.74, 6) is -0.594. The summed E-state index contributed by atoms with van der Waals surface area (Å²) < 4.78 is 18.6. The van der Waals surface area contributed by atoms with Crippen molar-refractivity contribution in [2.24, 2.45) is 0 Å². The molecule has 0 atom stereocenters. The topological polar surface area (TPSA) is 52.4 Å². The summed E-state index contributed by atoms with van der Waals surface area (Å²) in [5.41, 5.74) is -0.441. The third-order valence-corrected chi connectivity index (χ3v) is 2.36. The number of methoxy groups -OCH3 is 1. The van der Waals surface area contributed by atoms with E-state index in [4.69, 9.17) is 4.74 Å². The van der Waals surface area contributed by atoms with Gasteiger partial charge in [0.05, 0.1) is 16.5 Å². The van der Waals surface area contributed by atoms with E-state index < -0.39 is 16.4 Å². The second-order valence-electron chi connectivity index (χ2n) is 2.61. The highest BCUT2D eigenvalue weighted by Crippen LogP contribution is 2.35. The van der Waals surface area contributed by atoms with Crippen molar-refractivity contribution in [3.8, 4) is 5.75 Å². The largest absolute Gasteiger partial charge is 0.495 e. The van der Waals surface area contributed by atoms with Gasteiger partial charge in [-0.2, -0.15) is 4.39 Å². The van der Waals surface area contributed by atoms with Crippen molar-refractivity contribution in [3.05, 3.63) is 32.0 Å². The minimum Gasteiger partial charge on any atom is -0.495 e. The molecule has 0 bridgehead atoms. The molecule has 1 aromatic carbocycles. The molecule has 0 aliphatic rings. The lowest BCUT2D eigenvalue weighted by molar-refractivity contribution is -0.387. The summed E-state index contributed by atoms with van der Waals surface area (Å²) in [4.78, 5) is 9.66. The van der Waals surface area contributed by atoms with Crippen molar-refractivity contribution in [1.82, 2.24) is 0 Å². The fraction of sp³-hybridized carbons (Fsp3) is 0.400. The highest BCUT2D eigenvalue weighted by Gasteiger charge is 2.21. The Kier molecular flexibility index (Phi) is 5.95. The number of nitrogens with zero attached hydrogens (tertiary/aromatic N) is 1. The highest BCUT2D eigenvalue weighted by molar-refractivity contribution is 9.10. The number of halogens is 2. The Labute approximate surface area is 102 Å². The van der Waals surface area contributed by atoms with Crippen molar-refractivity contribution in [1.29, 1.82) is 0 Å². The first kappa shape index (κ1) is 14.8. The number of hydrogen-bond donors (Lipinski definition) is 0. The third-order valence-electron chi connectivity index (χ3n) is 1.78. The molecule has 0 fully saturated rings. The van der Waals surface area contributed by atoms with Crippen LogP contribution in [0.15, 0.2) is 10.5 Å². The summed E-state index contributed by atoms with van der Waals surface area (Å²) in [5, 5.41) is 10.4. The first-order chi connectivity index (χ1) is 7.49. The maximum absolute atomic E-state index is 13.3. The Morgan fingerprint density at radius 2 is 2.00 bits per heavy atom. The Morgan fingerprint density at radius 1 is 1.50 bits per heavy atom. The average Bonchev–Trinajstić information content (AvgIpc) is 2.26. The molecule has 90 valence electrons. The van der Waals surface area contributed by atoms with Gasteiger partial charge in [-0.1, -0.05) is 13.8 Å². The molecule has 1 aromatic rings. The lowest BCUT2D eigenvalue weighted by Gasteiger charge is -2.07. The van der Waals surface area contributed by atoms with E-state index in [2.05, 4.69) is 15.9 Å². The van der Waals surface area contributed by atoms with Crippen LogP contribution in [0.2, 0.25) is 0 Å². The molecule has 0 heterocycles. The van der Waals surface area contributed by atoms with E-state index in [0.717, 1.165) is 6.07 Å². The fourth-order valence-electron chi connectivity index (χ4n) is 1.10. The van der Waals surface area contributed by atoms with Crippen molar-refractivity contribution in [2.75, 3.05) is 7.11 Å². The van der Waals surface area contributed by atoms with Crippen LogP contribution in [0.25, 0.3) is 0 Å². The molecule has 6 heteroatoms. The van der Waals surface area contributed by atoms with E-state index in [1.165, 1.54) is 14.0 Å². The minimum absolute atomic E-state index is 0.119. The van der Waals surface area contributed by atoms with Gasteiger partial charge in [0.25, 0.3) is 0 Å². The van der Waals surface area contributed by atoms with Crippen LogP contribution in [0.3, 0.4) is 0 Å². The van der Waals surface area contributed by atoms with Crippen LogP contribution in [-0.4, -0.2) is 12.0 Å². The van der Waals surface area contributed by atoms with Gasteiger partial charge in [-0.15, -0.1) is 0 Å². The maximum Gasteiger partial charge on any atom is 0.306 e. The lowest BCUT2D eigenvalue weighted by Crippen LogP contribution is -1.98. The van der Waals surface area contributed by atoms with E-state index in [9.17, 15) is 14.5 Å². The average molecular weight is 294 g/mol. The molecule has 0 saturated carbocycles. The molecule has 1 rings (SSSR count). The second kappa shape index (κ2) is 6.42. The van der Waals surface area contributed by atoms with Crippen LogP contribution in [0.4, 0.5) is 10.1 Å². The molecule has 0 aromatic heterocycles. The van der Waals surface area contributed by atoms with Gasteiger partial charge >= 0.3 is 5.69 Å². The van der Waals surface area contributed by atoms with Crippen LogP contribution in [-0.2, 0) is 0 Å². The van der Waals surface area contributed by atoms with E-state index in [0.29, 0.717) is 4.47 Å². The van der Waals surface area contributed by atoms with Gasteiger partial charge in [-0.05, 0) is 22.9 Å². The maximum atomic E-state index is 13.3. The van der Waals surface area contributed by atoms with Crippen LogP contribution in [0.5, 0.6) is 5.75 Å². The van der Waals surface area contributed by atoms with E-state index in [1.807, 2.05) is 13.8 Å². The Bertz CT molecular complexity index is 396.